The van der Waals surface area contributed by atoms with Gasteiger partial charge in [0, 0.05) is 13.7 Å². The minimum Gasteiger partial charge on any atom is -0.497 e. The number of hydrogen-bond donors (Lipinski definition) is 0. The molecule has 0 N–H and O–H groups in total. The van der Waals surface area contributed by atoms with Crippen molar-refractivity contribution in [3.63, 3.8) is 0 Å². The van der Waals surface area contributed by atoms with E-state index >= 15 is 0 Å². The number of benzene rings is 1. The lowest BCUT2D eigenvalue weighted by Gasteiger charge is -2.13. The summed E-state index contributed by atoms with van der Waals surface area (Å²) in [6.07, 6.45) is -1.45. The van der Waals surface area contributed by atoms with Crippen molar-refractivity contribution in [2.45, 2.75) is 12.6 Å². The Morgan fingerprint density at radius 1 is 1.33 bits per heavy atom. The van der Waals surface area contributed by atoms with Crippen LogP contribution in [0, 0.1) is 0 Å². The van der Waals surface area contributed by atoms with Crippen molar-refractivity contribution in [1.29, 1.82) is 0 Å². The Balaban J connectivity index is 1.92. The van der Waals surface area contributed by atoms with E-state index in [4.69, 9.17) is 14.2 Å². The van der Waals surface area contributed by atoms with E-state index in [1.165, 1.54) is 12.0 Å². The zero-order valence-corrected chi connectivity index (χ0v) is 11.9. The number of carbonyl (C=O) groups is 2. The van der Waals surface area contributed by atoms with E-state index in [1.54, 1.807) is 19.2 Å². The third kappa shape index (κ3) is 3.85. The van der Waals surface area contributed by atoms with Gasteiger partial charge in [-0.2, -0.15) is 0 Å². The van der Waals surface area contributed by atoms with Crippen molar-refractivity contribution in [3.8, 4) is 5.75 Å². The molecule has 2 rings (SSSR count). The van der Waals surface area contributed by atoms with Gasteiger partial charge in [0.25, 0.3) is 0 Å². The molecule has 0 spiro atoms. The third-order valence-electron chi connectivity index (χ3n) is 3.00. The number of carbonyl (C=O) groups excluding carboxylic acids is 2. The Morgan fingerprint density at radius 3 is 2.67 bits per heavy atom. The van der Waals surface area contributed by atoms with E-state index in [0.29, 0.717) is 6.54 Å². The number of amides is 1. The van der Waals surface area contributed by atoms with E-state index in [0.717, 1.165) is 11.3 Å². The molecule has 21 heavy (non-hydrogen) atoms. The van der Waals surface area contributed by atoms with E-state index in [2.05, 4.69) is 4.74 Å². The summed E-state index contributed by atoms with van der Waals surface area (Å²) in [6, 6.07) is 7.31. The maximum absolute atomic E-state index is 11.7. The predicted molar refractivity (Wildman–Crippen MR) is 71.6 cm³/mol. The first-order valence-electron chi connectivity index (χ1n) is 6.38. The monoisotopic (exact) mass is 295 g/mol. The summed E-state index contributed by atoms with van der Waals surface area (Å²) in [7, 11) is 2.99. The highest BCUT2D eigenvalue weighted by molar-refractivity contribution is 5.82. The molecule has 1 aliphatic rings. The van der Waals surface area contributed by atoms with Gasteiger partial charge in [0.15, 0.2) is 6.79 Å². The van der Waals surface area contributed by atoms with Gasteiger partial charge in [-0.25, -0.2) is 9.59 Å². The number of hydrogen-bond acceptors (Lipinski definition) is 6. The van der Waals surface area contributed by atoms with E-state index in [1.807, 2.05) is 12.1 Å². The van der Waals surface area contributed by atoms with E-state index in [-0.39, 0.29) is 13.3 Å². The Hall–Kier alpha value is -2.28. The van der Waals surface area contributed by atoms with Crippen molar-refractivity contribution >= 4 is 12.1 Å². The van der Waals surface area contributed by atoms with Crippen molar-refractivity contribution < 1.29 is 28.5 Å². The SMILES string of the molecule is COCOC(=O)[C@H]1CN(Cc2ccc(OC)cc2)C(=O)O1. The molecule has 1 aromatic carbocycles. The Kier molecular flexibility index (Phi) is 4.99. The maximum Gasteiger partial charge on any atom is 0.411 e. The lowest BCUT2D eigenvalue weighted by molar-refractivity contribution is -0.162. The van der Waals surface area contributed by atoms with E-state index in [9.17, 15) is 9.59 Å². The molecule has 0 bridgehead atoms. The van der Waals surface area contributed by atoms with Crippen molar-refractivity contribution in [3.05, 3.63) is 29.8 Å². The van der Waals surface area contributed by atoms with Crippen LogP contribution >= 0.6 is 0 Å². The predicted octanol–water partition coefficient (Wildman–Crippen LogP) is 1.16. The van der Waals surface area contributed by atoms with Gasteiger partial charge in [-0.15, -0.1) is 0 Å². The van der Waals surface area contributed by atoms with Crippen LogP contribution in [0.15, 0.2) is 24.3 Å². The fourth-order valence-electron chi connectivity index (χ4n) is 1.92. The normalized spacial score (nSPS) is 17.5. The lowest BCUT2D eigenvalue weighted by atomic mass is 10.2. The molecule has 1 amide bonds. The third-order valence-corrected chi connectivity index (χ3v) is 3.00. The van der Waals surface area contributed by atoms with Crippen LogP contribution in [0.1, 0.15) is 5.56 Å². The van der Waals surface area contributed by atoms with Crippen LogP contribution in [-0.4, -0.2) is 50.6 Å². The highest BCUT2D eigenvalue weighted by Gasteiger charge is 2.37. The summed E-state index contributed by atoms with van der Waals surface area (Å²) in [5.41, 5.74) is 0.915. The highest BCUT2D eigenvalue weighted by atomic mass is 16.7. The number of ether oxygens (including phenoxy) is 4. The van der Waals surface area contributed by atoms with Crippen LogP contribution in [0.4, 0.5) is 4.79 Å². The molecule has 114 valence electrons. The van der Waals surface area contributed by atoms with Gasteiger partial charge in [0.05, 0.1) is 13.7 Å². The Bertz CT molecular complexity index is 501. The molecule has 7 nitrogen and oxygen atoms in total. The zero-order valence-electron chi connectivity index (χ0n) is 11.9. The van der Waals surface area contributed by atoms with Gasteiger partial charge in [-0.3, -0.25) is 4.90 Å². The van der Waals surface area contributed by atoms with Gasteiger partial charge in [0.2, 0.25) is 6.10 Å². The standard InChI is InChI=1S/C14H17NO6/c1-18-9-20-13(16)12-8-15(14(17)21-12)7-10-3-5-11(19-2)6-4-10/h3-6,12H,7-9H2,1-2H3/t12-/m1/s1. The van der Waals surface area contributed by atoms with Gasteiger partial charge >= 0.3 is 12.1 Å². The lowest BCUT2D eigenvalue weighted by Crippen LogP contribution is -2.29. The number of esters is 1. The summed E-state index contributed by atoms with van der Waals surface area (Å²) in [5, 5.41) is 0. The van der Waals surface area contributed by atoms with Gasteiger partial charge in [-0.1, -0.05) is 12.1 Å². The summed E-state index contributed by atoms with van der Waals surface area (Å²) in [4.78, 5) is 24.8. The quantitative estimate of drug-likeness (QED) is 0.579. The van der Waals surface area contributed by atoms with Gasteiger partial charge in [0.1, 0.15) is 5.75 Å². The van der Waals surface area contributed by atoms with Crippen LogP contribution in [-0.2, 0) is 25.5 Å². The van der Waals surface area contributed by atoms with Crippen LogP contribution < -0.4 is 4.74 Å². The molecule has 1 atom stereocenters. The first kappa shape index (κ1) is 15.1. The number of cyclic esters (lactones) is 1. The van der Waals surface area contributed by atoms with Crippen molar-refractivity contribution in [2.75, 3.05) is 27.6 Å². The zero-order chi connectivity index (χ0) is 15.2. The number of methoxy groups -OCH3 is 2. The van der Waals surface area contributed by atoms with Crippen molar-refractivity contribution in [2.24, 2.45) is 0 Å². The Morgan fingerprint density at radius 2 is 2.05 bits per heavy atom. The molecular formula is C14H17NO6. The smallest absolute Gasteiger partial charge is 0.411 e. The summed E-state index contributed by atoms with van der Waals surface area (Å²) < 4.78 is 19.5. The maximum atomic E-state index is 11.7. The molecule has 1 saturated heterocycles. The fourth-order valence-corrected chi connectivity index (χ4v) is 1.92. The minimum absolute atomic E-state index is 0.160. The average Bonchev–Trinajstić information content (AvgIpc) is 2.87. The molecule has 0 saturated carbocycles. The molecule has 1 fully saturated rings. The molecular weight excluding hydrogens is 278 g/mol. The molecule has 0 aromatic heterocycles. The van der Waals surface area contributed by atoms with E-state index < -0.39 is 18.2 Å². The Labute approximate surface area is 122 Å². The highest BCUT2D eigenvalue weighted by Crippen LogP contribution is 2.18. The molecule has 0 radical (unpaired) electrons. The second-order valence-corrected chi connectivity index (χ2v) is 4.47. The first-order valence-corrected chi connectivity index (χ1v) is 6.38. The second kappa shape index (κ2) is 6.94. The summed E-state index contributed by atoms with van der Waals surface area (Å²) in [6.45, 7) is 0.357. The van der Waals surface area contributed by atoms with Crippen LogP contribution in [0.5, 0.6) is 5.75 Å². The molecule has 1 aromatic rings. The molecule has 1 heterocycles. The largest absolute Gasteiger partial charge is 0.497 e. The average molecular weight is 295 g/mol. The first-order chi connectivity index (χ1) is 10.1. The minimum atomic E-state index is -0.911. The van der Waals surface area contributed by atoms with Crippen LogP contribution in [0.3, 0.4) is 0 Å². The molecule has 0 unspecified atom stereocenters. The van der Waals surface area contributed by atoms with Crippen molar-refractivity contribution in [1.82, 2.24) is 4.90 Å². The second-order valence-electron chi connectivity index (χ2n) is 4.47. The molecule has 7 heteroatoms. The molecule has 1 aliphatic heterocycles. The van der Waals surface area contributed by atoms with Gasteiger partial charge < -0.3 is 18.9 Å². The summed E-state index contributed by atoms with van der Waals surface area (Å²) in [5.74, 6) is 0.131. The summed E-state index contributed by atoms with van der Waals surface area (Å²) >= 11 is 0. The van der Waals surface area contributed by atoms with Gasteiger partial charge in [-0.05, 0) is 17.7 Å². The number of rotatable bonds is 6. The number of nitrogens with zero attached hydrogens (tertiary/aromatic N) is 1. The topological polar surface area (TPSA) is 74.3 Å². The van der Waals surface area contributed by atoms with Crippen LogP contribution in [0.25, 0.3) is 0 Å². The molecule has 0 aliphatic carbocycles. The van der Waals surface area contributed by atoms with Crippen LogP contribution in [0.2, 0.25) is 0 Å². The fraction of sp³-hybridized carbons (Fsp3) is 0.429.